The average molecular weight is 278 g/mol. The van der Waals surface area contributed by atoms with E-state index in [0.29, 0.717) is 0 Å². The first kappa shape index (κ1) is 19.3. The molecule has 116 valence electrons. The highest BCUT2D eigenvalue weighted by atomic mass is 16.2. The SMILES string of the molecule is CCCCCCCCCC/C=C/CCC#CCCCO. The molecule has 0 atom stereocenters. The van der Waals surface area contributed by atoms with Crippen molar-refractivity contribution in [1.82, 2.24) is 0 Å². The van der Waals surface area contributed by atoms with Crippen molar-refractivity contribution in [3.8, 4) is 11.8 Å². The Kier molecular flexibility index (Phi) is 17.6. The Hall–Kier alpha value is -0.740. The Labute approximate surface area is 126 Å². The maximum Gasteiger partial charge on any atom is 0.0440 e. The van der Waals surface area contributed by atoms with Crippen LogP contribution in [-0.2, 0) is 0 Å². The minimum absolute atomic E-state index is 0.257. The zero-order chi connectivity index (χ0) is 14.7. The van der Waals surface area contributed by atoms with Gasteiger partial charge >= 0.3 is 0 Å². The van der Waals surface area contributed by atoms with E-state index in [0.717, 1.165) is 25.7 Å². The quantitative estimate of drug-likeness (QED) is 0.263. The van der Waals surface area contributed by atoms with Gasteiger partial charge in [-0.25, -0.2) is 0 Å². The van der Waals surface area contributed by atoms with E-state index < -0.39 is 0 Å². The van der Waals surface area contributed by atoms with Gasteiger partial charge in [0.25, 0.3) is 0 Å². The van der Waals surface area contributed by atoms with Crippen LogP contribution in [0.3, 0.4) is 0 Å². The maximum absolute atomic E-state index is 8.60. The number of unbranched alkanes of at least 4 members (excludes halogenated alkanes) is 10. The van der Waals surface area contributed by atoms with Gasteiger partial charge in [0.05, 0.1) is 0 Å². The fourth-order valence-corrected chi connectivity index (χ4v) is 2.13. The van der Waals surface area contributed by atoms with Crippen LogP contribution >= 0.6 is 0 Å². The molecule has 1 nitrogen and oxygen atoms in total. The largest absolute Gasteiger partial charge is 0.396 e. The van der Waals surface area contributed by atoms with E-state index in [9.17, 15) is 0 Å². The molecule has 0 aliphatic carbocycles. The van der Waals surface area contributed by atoms with Gasteiger partial charge < -0.3 is 5.11 Å². The maximum atomic E-state index is 8.60. The molecule has 0 aromatic rings. The summed E-state index contributed by atoms with van der Waals surface area (Å²) >= 11 is 0. The normalized spacial score (nSPS) is 10.7. The topological polar surface area (TPSA) is 20.2 Å². The minimum Gasteiger partial charge on any atom is -0.396 e. The molecule has 0 bridgehead atoms. The summed E-state index contributed by atoms with van der Waals surface area (Å²) in [7, 11) is 0. The lowest BCUT2D eigenvalue weighted by atomic mass is 10.1. The third-order valence-electron chi connectivity index (χ3n) is 3.41. The number of hydrogen-bond acceptors (Lipinski definition) is 1. The summed E-state index contributed by atoms with van der Waals surface area (Å²) in [5, 5.41) is 8.60. The third kappa shape index (κ3) is 17.3. The zero-order valence-corrected chi connectivity index (χ0v) is 13.5. The predicted molar refractivity (Wildman–Crippen MR) is 89.7 cm³/mol. The Morgan fingerprint density at radius 1 is 0.700 bits per heavy atom. The highest BCUT2D eigenvalue weighted by Gasteiger charge is 1.90. The molecule has 0 fully saturated rings. The van der Waals surface area contributed by atoms with Crippen molar-refractivity contribution in [3.05, 3.63) is 12.2 Å². The van der Waals surface area contributed by atoms with Crippen LogP contribution in [0.4, 0.5) is 0 Å². The molecule has 0 heterocycles. The summed E-state index contributed by atoms with van der Waals surface area (Å²) in [5.41, 5.74) is 0. The Morgan fingerprint density at radius 3 is 2.00 bits per heavy atom. The monoisotopic (exact) mass is 278 g/mol. The fourth-order valence-electron chi connectivity index (χ4n) is 2.13. The van der Waals surface area contributed by atoms with E-state index in [4.69, 9.17) is 5.11 Å². The van der Waals surface area contributed by atoms with E-state index in [1.54, 1.807) is 0 Å². The molecule has 0 rings (SSSR count). The first-order chi connectivity index (χ1) is 9.91. The summed E-state index contributed by atoms with van der Waals surface area (Å²) in [5.74, 6) is 6.23. The van der Waals surface area contributed by atoms with Crippen molar-refractivity contribution in [2.24, 2.45) is 0 Å². The van der Waals surface area contributed by atoms with Crippen LogP contribution in [0.5, 0.6) is 0 Å². The highest BCUT2D eigenvalue weighted by molar-refractivity contribution is 5.00. The molecule has 0 saturated heterocycles. The van der Waals surface area contributed by atoms with Crippen molar-refractivity contribution in [2.45, 2.75) is 90.4 Å². The van der Waals surface area contributed by atoms with E-state index in [1.165, 1.54) is 57.8 Å². The van der Waals surface area contributed by atoms with E-state index in [2.05, 4.69) is 30.9 Å². The highest BCUT2D eigenvalue weighted by Crippen LogP contribution is 2.09. The number of aliphatic hydroxyl groups is 1. The molecular weight excluding hydrogens is 244 g/mol. The van der Waals surface area contributed by atoms with Crippen LogP contribution in [0, 0.1) is 11.8 Å². The Balaban J connectivity index is 3.13. The second-order valence-electron chi connectivity index (χ2n) is 5.45. The molecule has 1 heteroatoms. The zero-order valence-electron chi connectivity index (χ0n) is 13.5. The first-order valence-electron chi connectivity index (χ1n) is 8.63. The van der Waals surface area contributed by atoms with Crippen LogP contribution in [0.2, 0.25) is 0 Å². The lowest BCUT2D eigenvalue weighted by Crippen LogP contribution is -1.80. The van der Waals surface area contributed by atoms with Crippen molar-refractivity contribution in [2.75, 3.05) is 6.61 Å². The van der Waals surface area contributed by atoms with Crippen LogP contribution in [-0.4, -0.2) is 11.7 Å². The lowest BCUT2D eigenvalue weighted by Gasteiger charge is -1.99. The van der Waals surface area contributed by atoms with Crippen molar-refractivity contribution in [1.29, 1.82) is 0 Å². The molecule has 0 saturated carbocycles. The minimum atomic E-state index is 0.257. The number of rotatable bonds is 13. The van der Waals surface area contributed by atoms with Crippen LogP contribution in [0.1, 0.15) is 90.4 Å². The predicted octanol–water partition coefficient (Wildman–Crippen LogP) is 5.63. The van der Waals surface area contributed by atoms with Crippen molar-refractivity contribution < 1.29 is 5.11 Å². The van der Waals surface area contributed by atoms with E-state index in [1.807, 2.05) is 0 Å². The number of aliphatic hydroxyl groups excluding tert-OH is 1. The number of allylic oxidation sites excluding steroid dienone is 2. The molecule has 0 aliphatic heterocycles. The van der Waals surface area contributed by atoms with Gasteiger partial charge in [0, 0.05) is 19.4 Å². The first-order valence-corrected chi connectivity index (χ1v) is 8.63. The summed E-state index contributed by atoms with van der Waals surface area (Å²) < 4.78 is 0. The third-order valence-corrected chi connectivity index (χ3v) is 3.41. The number of hydrogen-bond donors (Lipinski definition) is 1. The van der Waals surface area contributed by atoms with Gasteiger partial charge in [-0.05, 0) is 25.7 Å². The molecule has 20 heavy (non-hydrogen) atoms. The Morgan fingerprint density at radius 2 is 1.30 bits per heavy atom. The molecule has 0 unspecified atom stereocenters. The van der Waals surface area contributed by atoms with Crippen LogP contribution in [0.25, 0.3) is 0 Å². The van der Waals surface area contributed by atoms with Gasteiger partial charge in [-0.1, -0.05) is 64.0 Å². The smallest absolute Gasteiger partial charge is 0.0440 e. The molecule has 0 aromatic heterocycles. The average Bonchev–Trinajstić information content (AvgIpc) is 2.47. The summed E-state index contributed by atoms with van der Waals surface area (Å²) in [6.45, 7) is 2.53. The molecule has 0 spiro atoms. The summed E-state index contributed by atoms with van der Waals surface area (Å²) in [6, 6.07) is 0. The lowest BCUT2D eigenvalue weighted by molar-refractivity contribution is 0.290. The van der Waals surface area contributed by atoms with Gasteiger partial charge in [0.1, 0.15) is 0 Å². The second kappa shape index (κ2) is 18.3. The molecule has 0 radical (unpaired) electrons. The van der Waals surface area contributed by atoms with Crippen molar-refractivity contribution >= 4 is 0 Å². The van der Waals surface area contributed by atoms with Gasteiger partial charge in [-0.2, -0.15) is 0 Å². The van der Waals surface area contributed by atoms with Gasteiger partial charge in [-0.15, -0.1) is 11.8 Å². The molecule has 0 aliphatic rings. The van der Waals surface area contributed by atoms with E-state index >= 15 is 0 Å². The fraction of sp³-hybridized carbons (Fsp3) is 0.789. The molecular formula is C19H34O. The van der Waals surface area contributed by atoms with E-state index in [-0.39, 0.29) is 6.61 Å². The van der Waals surface area contributed by atoms with Gasteiger partial charge in [-0.3, -0.25) is 0 Å². The standard InChI is InChI=1S/C19H34O/c1-2-3-4-5-6-7-8-9-10-11-12-13-14-15-16-17-18-19-20/h11-12,20H,2-10,13-14,17-19H2,1H3/b12-11+. The van der Waals surface area contributed by atoms with Crippen LogP contribution in [0.15, 0.2) is 12.2 Å². The van der Waals surface area contributed by atoms with Crippen LogP contribution < -0.4 is 0 Å². The molecule has 0 amide bonds. The molecule has 1 N–H and O–H groups in total. The summed E-state index contributed by atoms with van der Waals surface area (Å²) in [6.07, 6.45) is 20.6. The van der Waals surface area contributed by atoms with Gasteiger partial charge in [0.15, 0.2) is 0 Å². The summed E-state index contributed by atoms with van der Waals surface area (Å²) in [4.78, 5) is 0. The molecule has 0 aromatic carbocycles. The Bertz CT molecular complexity index is 257. The second-order valence-corrected chi connectivity index (χ2v) is 5.45. The van der Waals surface area contributed by atoms with Gasteiger partial charge in [0.2, 0.25) is 0 Å². The van der Waals surface area contributed by atoms with Crippen molar-refractivity contribution in [3.63, 3.8) is 0 Å².